The summed E-state index contributed by atoms with van der Waals surface area (Å²) in [7, 11) is 0. The fourth-order valence-electron chi connectivity index (χ4n) is 3.35. The van der Waals surface area contributed by atoms with E-state index in [4.69, 9.17) is 4.74 Å². The highest BCUT2D eigenvalue weighted by Crippen LogP contribution is 2.38. The van der Waals surface area contributed by atoms with Crippen molar-refractivity contribution in [1.82, 2.24) is 10.2 Å². The summed E-state index contributed by atoms with van der Waals surface area (Å²) >= 11 is 0. The molecule has 3 atom stereocenters. The van der Waals surface area contributed by atoms with Crippen molar-refractivity contribution in [3.05, 3.63) is 35.1 Å². The zero-order valence-electron chi connectivity index (χ0n) is 16.7. The van der Waals surface area contributed by atoms with E-state index in [2.05, 4.69) is 5.32 Å². The lowest BCUT2D eigenvalue weighted by molar-refractivity contribution is -0.176. The van der Waals surface area contributed by atoms with Gasteiger partial charge in [0.05, 0.1) is 0 Å². The lowest BCUT2D eigenvalue weighted by Gasteiger charge is -2.42. The molecule has 0 radical (unpaired) electrons. The third-order valence-electron chi connectivity index (χ3n) is 4.63. The smallest absolute Gasteiger partial charge is 0.408 e. The van der Waals surface area contributed by atoms with Crippen LogP contribution in [0, 0.1) is 17.5 Å². The lowest BCUT2D eigenvalue weighted by Crippen LogP contribution is -2.57. The summed E-state index contributed by atoms with van der Waals surface area (Å²) in [5.74, 6) is -6.66. The third-order valence-corrected chi connectivity index (χ3v) is 4.63. The van der Waals surface area contributed by atoms with Crippen molar-refractivity contribution in [3.63, 3.8) is 0 Å². The van der Waals surface area contributed by atoms with Crippen LogP contribution >= 0.6 is 0 Å². The summed E-state index contributed by atoms with van der Waals surface area (Å²) in [5.41, 5.74) is -1.57. The first-order chi connectivity index (χ1) is 13.6. The molecule has 0 spiro atoms. The molecule has 5 nitrogen and oxygen atoms in total. The molecule has 2 rings (SSSR count). The van der Waals surface area contributed by atoms with Gasteiger partial charge in [0.15, 0.2) is 17.7 Å². The molecular formula is C19H22F6N2O3. The molecule has 30 heavy (non-hydrogen) atoms. The molecule has 168 valence electrons. The van der Waals surface area contributed by atoms with E-state index in [1.807, 2.05) is 0 Å². The molecule has 1 aliphatic rings. The van der Waals surface area contributed by atoms with Gasteiger partial charge in [-0.05, 0) is 39.8 Å². The van der Waals surface area contributed by atoms with Gasteiger partial charge in [-0.3, -0.25) is 4.79 Å². The van der Waals surface area contributed by atoms with E-state index in [1.54, 1.807) is 20.8 Å². The van der Waals surface area contributed by atoms with E-state index < -0.39 is 77.8 Å². The molecule has 1 heterocycles. The standard InChI is InChI=1S/C19H22F6N2O3/c1-9-10(14-11(20)5-6-12(21)15(14)22)7-13(30-17(29)26-18(2,3)4)16(28)27(9)8-19(23,24)25/h5-6,9-10,13H,7-8H2,1-4H3,(H,26,29)/t9-,10-,13+/m1/s1. The van der Waals surface area contributed by atoms with Crippen molar-refractivity contribution in [2.45, 2.75) is 63.9 Å². The number of hydrogen-bond donors (Lipinski definition) is 1. The number of piperidine rings is 1. The van der Waals surface area contributed by atoms with Crippen LogP contribution in [0.25, 0.3) is 0 Å². The van der Waals surface area contributed by atoms with Crippen LogP contribution in [-0.4, -0.2) is 47.3 Å². The molecule has 2 amide bonds. The Bertz CT molecular complexity index is 822. The minimum absolute atomic E-state index is 0.340. The van der Waals surface area contributed by atoms with Gasteiger partial charge >= 0.3 is 12.3 Å². The fraction of sp³-hybridized carbons (Fsp3) is 0.579. The highest BCUT2D eigenvalue weighted by Gasteiger charge is 2.47. The number of halogens is 6. The number of rotatable bonds is 3. The highest BCUT2D eigenvalue weighted by atomic mass is 19.4. The predicted molar refractivity (Wildman–Crippen MR) is 94.1 cm³/mol. The maximum absolute atomic E-state index is 14.3. The van der Waals surface area contributed by atoms with Crippen molar-refractivity contribution >= 4 is 12.0 Å². The first-order valence-corrected chi connectivity index (χ1v) is 9.10. The topological polar surface area (TPSA) is 58.6 Å². The summed E-state index contributed by atoms with van der Waals surface area (Å²) in [4.78, 5) is 25.0. The van der Waals surface area contributed by atoms with Gasteiger partial charge in [0.1, 0.15) is 12.4 Å². The summed E-state index contributed by atoms with van der Waals surface area (Å²) in [6, 6.07) is -0.145. The normalized spacial score (nSPS) is 22.8. The quantitative estimate of drug-likeness (QED) is 0.565. The van der Waals surface area contributed by atoms with E-state index in [1.165, 1.54) is 6.92 Å². The van der Waals surface area contributed by atoms with Crippen molar-refractivity contribution in [2.75, 3.05) is 6.54 Å². The SMILES string of the molecule is C[C@@H]1[C@H](c2c(F)ccc(F)c2F)C[C@H](OC(=O)NC(C)(C)C)C(=O)N1CC(F)(F)F. The molecule has 0 bridgehead atoms. The lowest BCUT2D eigenvalue weighted by atomic mass is 9.82. The molecule has 0 aliphatic carbocycles. The Morgan fingerprint density at radius 3 is 2.27 bits per heavy atom. The number of alkyl halides is 3. The molecule has 1 fully saturated rings. The number of alkyl carbamates (subject to hydrolysis) is 1. The number of carbonyl (C=O) groups excluding carboxylic acids is 2. The zero-order valence-corrected chi connectivity index (χ0v) is 16.7. The first kappa shape index (κ1) is 23.8. The number of nitrogens with zero attached hydrogens (tertiary/aromatic N) is 1. The van der Waals surface area contributed by atoms with Crippen LogP contribution in [0.2, 0.25) is 0 Å². The maximum atomic E-state index is 14.3. The Hall–Kier alpha value is -2.46. The number of amides is 2. The summed E-state index contributed by atoms with van der Waals surface area (Å²) in [6.45, 7) is 4.27. The van der Waals surface area contributed by atoms with Gasteiger partial charge in [0.25, 0.3) is 5.91 Å². The Morgan fingerprint density at radius 2 is 1.73 bits per heavy atom. The van der Waals surface area contributed by atoms with E-state index in [0.717, 1.165) is 0 Å². The summed E-state index contributed by atoms with van der Waals surface area (Å²) in [6.07, 6.45) is -8.15. The van der Waals surface area contributed by atoms with Crippen molar-refractivity contribution in [3.8, 4) is 0 Å². The van der Waals surface area contributed by atoms with Gasteiger partial charge in [-0.1, -0.05) is 0 Å². The van der Waals surface area contributed by atoms with Crippen LogP contribution in [0.5, 0.6) is 0 Å². The van der Waals surface area contributed by atoms with Crippen LogP contribution in [0.1, 0.15) is 45.6 Å². The average Bonchev–Trinajstić information content (AvgIpc) is 2.56. The molecule has 1 aromatic rings. The van der Waals surface area contributed by atoms with Gasteiger partial charge in [0.2, 0.25) is 0 Å². The zero-order chi connectivity index (χ0) is 23.0. The number of nitrogens with one attached hydrogen (secondary N) is 1. The maximum Gasteiger partial charge on any atom is 0.408 e. The van der Waals surface area contributed by atoms with E-state index in [-0.39, 0.29) is 0 Å². The van der Waals surface area contributed by atoms with Crippen LogP contribution in [-0.2, 0) is 9.53 Å². The Labute approximate surface area is 169 Å². The molecule has 1 saturated heterocycles. The average molecular weight is 440 g/mol. The van der Waals surface area contributed by atoms with Gasteiger partial charge in [-0.15, -0.1) is 0 Å². The molecule has 0 unspecified atom stereocenters. The second-order valence-electron chi connectivity index (χ2n) is 8.19. The van der Waals surface area contributed by atoms with Gasteiger partial charge in [0, 0.05) is 29.5 Å². The minimum atomic E-state index is -4.82. The molecule has 1 aliphatic heterocycles. The molecular weight excluding hydrogens is 418 g/mol. The Balaban J connectivity index is 2.44. The van der Waals surface area contributed by atoms with E-state index >= 15 is 0 Å². The first-order valence-electron chi connectivity index (χ1n) is 9.10. The van der Waals surface area contributed by atoms with Crippen LogP contribution in [0.3, 0.4) is 0 Å². The van der Waals surface area contributed by atoms with Gasteiger partial charge in [-0.25, -0.2) is 18.0 Å². The number of benzene rings is 1. The second-order valence-corrected chi connectivity index (χ2v) is 8.19. The number of likely N-dealkylation sites (tertiary alicyclic amines) is 1. The minimum Gasteiger partial charge on any atom is -0.436 e. The molecule has 1 N–H and O–H groups in total. The predicted octanol–water partition coefficient (Wildman–Crippen LogP) is 4.26. The van der Waals surface area contributed by atoms with Crippen LogP contribution < -0.4 is 5.32 Å². The van der Waals surface area contributed by atoms with E-state index in [9.17, 15) is 35.9 Å². The number of ether oxygens (including phenoxy) is 1. The highest BCUT2D eigenvalue weighted by molar-refractivity contribution is 5.85. The van der Waals surface area contributed by atoms with Crippen molar-refractivity contribution in [2.24, 2.45) is 0 Å². The van der Waals surface area contributed by atoms with Crippen molar-refractivity contribution < 1.29 is 40.7 Å². The molecule has 0 aromatic heterocycles. The Kier molecular flexibility index (Phi) is 6.63. The summed E-state index contributed by atoms with van der Waals surface area (Å²) < 4.78 is 86.4. The van der Waals surface area contributed by atoms with Gasteiger partial charge < -0.3 is 15.0 Å². The number of hydrogen-bond acceptors (Lipinski definition) is 3. The fourth-order valence-corrected chi connectivity index (χ4v) is 3.35. The van der Waals surface area contributed by atoms with Crippen LogP contribution in [0.4, 0.5) is 31.1 Å². The second kappa shape index (κ2) is 8.35. The molecule has 1 aromatic carbocycles. The molecule has 11 heteroatoms. The monoisotopic (exact) mass is 440 g/mol. The Morgan fingerprint density at radius 1 is 1.17 bits per heavy atom. The summed E-state index contributed by atoms with van der Waals surface area (Å²) in [5, 5.41) is 2.39. The van der Waals surface area contributed by atoms with Crippen molar-refractivity contribution in [1.29, 1.82) is 0 Å². The third kappa shape index (κ3) is 5.57. The molecule has 0 saturated carbocycles. The van der Waals surface area contributed by atoms with Crippen LogP contribution in [0.15, 0.2) is 12.1 Å². The van der Waals surface area contributed by atoms with Gasteiger partial charge in [-0.2, -0.15) is 13.2 Å². The van der Waals surface area contributed by atoms with E-state index in [0.29, 0.717) is 17.0 Å². The largest absolute Gasteiger partial charge is 0.436 e. The number of carbonyl (C=O) groups is 2.